The molecular weight excluding hydrogens is 328 g/mol. The van der Waals surface area contributed by atoms with Crippen molar-refractivity contribution in [3.63, 3.8) is 0 Å². The Morgan fingerprint density at radius 2 is 1.35 bits per heavy atom. The average molecular weight is 358 g/mol. The molecule has 130 valence electrons. The Bertz CT molecular complexity index is 565. The molecule has 0 aliphatic heterocycles. The molecule has 0 amide bonds. The molecule has 1 rings (SSSR count). The third-order valence-electron chi connectivity index (χ3n) is 5.16. The summed E-state index contributed by atoms with van der Waals surface area (Å²) >= 11 is 0. The van der Waals surface area contributed by atoms with E-state index in [-0.39, 0.29) is 10.8 Å². The predicted octanol–water partition coefficient (Wildman–Crippen LogP) is 5.09. The lowest BCUT2D eigenvalue weighted by Gasteiger charge is -2.28. The zero-order valence-corrected chi connectivity index (χ0v) is 17.3. The largest absolute Gasteiger partial charge is 0.203 e. The SMILES string of the molecule is C=CC(C)(CC)Cc1c(F)c(F)c(CC(C)(C)CC)c(P)c1P. The zero-order valence-electron chi connectivity index (χ0n) is 15.0. The minimum atomic E-state index is -0.704. The number of benzene rings is 1. The Morgan fingerprint density at radius 3 is 1.70 bits per heavy atom. The van der Waals surface area contributed by atoms with Gasteiger partial charge in [0.1, 0.15) is 0 Å². The molecule has 0 radical (unpaired) electrons. The van der Waals surface area contributed by atoms with Crippen LogP contribution in [0.3, 0.4) is 0 Å². The van der Waals surface area contributed by atoms with Gasteiger partial charge in [0.15, 0.2) is 11.6 Å². The summed E-state index contributed by atoms with van der Waals surface area (Å²) in [6.07, 6.45) is 4.56. The van der Waals surface area contributed by atoms with Gasteiger partial charge in [0, 0.05) is 0 Å². The van der Waals surface area contributed by atoms with Crippen LogP contribution in [0.15, 0.2) is 12.7 Å². The standard InChI is InChI=1S/C19H30F2P2/c1-7-18(4,5)10-12-14(20)15(21)13(17(23)16(12)22)11-19(6,8-2)9-3/h8H,2,7,9-11,22-23H2,1,3-6H3. The number of hydrogen-bond donors (Lipinski definition) is 0. The lowest BCUT2D eigenvalue weighted by molar-refractivity contribution is 0.340. The molecule has 0 fully saturated rings. The number of rotatable bonds is 7. The Labute approximate surface area is 144 Å². The van der Waals surface area contributed by atoms with Gasteiger partial charge in [-0.25, -0.2) is 8.78 Å². The fraction of sp³-hybridized carbons (Fsp3) is 0.579. The van der Waals surface area contributed by atoms with Gasteiger partial charge in [0.25, 0.3) is 0 Å². The lowest BCUT2D eigenvalue weighted by Crippen LogP contribution is -2.31. The van der Waals surface area contributed by atoms with Crippen LogP contribution in [0.25, 0.3) is 0 Å². The van der Waals surface area contributed by atoms with Crippen LogP contribution in [0.2, 0.25) is 0 Å². The Morgan fingerprint density at radius 1 is 0.913 bits per heavy atom. The summed E-state index contributed by atoms with van der Waals surface area (Å²) in [6, 6.07) is 0. The average Bonchev–Trinajstić information content (AvgIpc) is 2.53. The highest BCUT2D eigenvalue weighted by atomic mass is 31.0. The monoisotopic (exact) mass is 358 g/mol. The van der Waals surface area contributed by atoms with E-state index in [9.17, 15) is 8.78 Å². The van der Waals surface area contributed by atoms with Crippen molar-refractivity contribution in [1.82, 2.24) is 0 Å². The van der Waals surface area contributed by atoms with Gasteiger partial charge in [0.05, 0.1) is 0 Å². The normalized spacial score (nSPS) is 14.7. The molecular formula is C19H30F2P2. The van der Waals surface area contributed by atoms with Crippen LogP contribution in [-0.4, -0.2) is 0 Å². The zero-order chi connectivity index (χ0) is 18.0. The van der Waals surface area contributed by atoms with Crippen molar-refractivity contribution in [2.24, 2.45) is 10.8 Å². The molecule has 0 bridgehead atoms. The first kappa shape index (κ1) is 20.7. The first-order valence-electron chi connectivity index (χ1n) is 8.19. The van der Waals surface area contributed by atoms with Crippen molar-refractivity contribution >= 4 is 29.1 Å². The van der Waals surface area contributed by atoms with Gasteiger partial charge >= 0.3 is 0 Å². The molecule has 0 heterocycles. The van der Waals surface area contributed by atoms with Crippen LogP contribution in [0, 0.1) is 22.5 Å². The fourth-order valence-corrected chi connectivity index (χ4v) is 3.33. The molecule has 0 saturated heterocycles. The topological polar surface area (TPSA) is 0 Å². The van der Waals surface area contributed by atoms with E-state index in [1.807, 2.05) is 19.9 Å². The molecule has 1 aromatic carbocycles. The molecule has 0 nitrogen and oxygen atoms in total. The minimum absolute atomic E-state index is 0.0593. The van der Waals surface area contributed by atoms with Gasteiger partial charge in [-0.05, 0) is 51.8 Å². The maximum atomic E-state index is 14.8. The van der Waals surface area contributed by atoms with Crippen molar-refractivity contribution in [2.75, 3.05) is 0 Å². The van der Waals surface area contributed by atoms with E-state index in [2.05, 4.69) is 45.8 Å². The van der Waals surface area contributed by atoms with Crippen LogP contribution in [0.1, 0.15) is 58.6 Å². The number of hydrogen-bond acceptors (Lipinski definition) is 0. The molecule has 4 heteroatoms. The van der Waals surface area contributed by atoms with Crippen LogP contribution in [-0.2, 0) is 12.8 Å². The third-order valence-corrected chi connectivity index (χ3v) is 6.81. The smallest absolute Gasteiger partial charge is 0.162 e. The second-order valence-electron chi connectivity index (χ2n) is 7.50. The van der Waals surface area contributed by atoms with Crippen LogP contribution in [0.4, 0.5) is 8.78 Å². The maximum Gasteiger partial charge on any atom is 0.162 e. The second kappa shape index (κ2) is 7.71. The first-order chi connectivity index (χ1) is 10.5. The highest BCUT2D eigenvalue weighted by molar-refractivity contribution is 7.36. The van der Waals surface area contributed by atoms with E-state index in [4.69, 9.17) is 0 Å². The summed E-state index contributed by atoms with van der Waals surface area (Å²) in [7, 11) is 5.21. The third kappa shape index (κ3) is 4.61. The van der Waals surface area contributed by atoms with Gasteiger partial charge < -0.3 is 0 Å². The summed E-state index contributed by atoms with van der Waals surface area (Å²) in [4.78, 5) is 0. The van der Waals surface area contributed by atoms with Crippen LogP contribution < -0.4 is 10.6 Å². The molecule has 0 aliphatic carbocycles. The fourth-order valence-electron chi connectivity index (χ4n) is 2.52. The van der Waals surface area contributed by atoms with Crippen molar-refractivity contribution in [3.8, 4) is 0 Å². The maximum absolute atomic E-state index is 14.8. The Balaban J connectivity index is 3.42. The van der Waals surface area contributed by atoms with Gasteiger partial charge in [-0.15, -0.1) is 25.1 Å². The Kier molecular flexibility index (Phi) is 6.95. The summed E-state index contributed by atoms with van der Waals surface area (Å²) in [5.74, 6) is -1.40. The van der Waals surface area contributed by atoms with Gasteiger partial charge in [-0.2, -0.15) is 0 Å². The lowest BCUT2D eigenvalue weighted by atomic mass is 9.79. The molecule has 0 N–H and O–H groups in total. The van der Waals surface area contributed by atoms with Gasteiger partial charge in [-0.1, -0.05) is 47.1 Å². The van der Waals surface area contributed by atoms with Gasteiger partial charge in [0.2, 0.25) is 0 Å². The van der Waals surface area contributed by atoms with Crippen molar-refractivity contribution in [3.05, 3.63) is 35.4 Å². The molecule has 3 atom stereocenters. The highest BCUT2D eigenvalue weighted by Gasteiger charge is 2.28. The molecule has 23 heavy (non-hydrogen) atoms. The molecule has 3 unspecified atom stereocenters. The van der Waals surface area contributed by atoms with E-state index in [0.717, 1.165) is 23.5 Å². The molecule has 0 aliphatic rings. The summed E-state index contributed by atoms with van der Waals surface area (Å²) in [6.45, 7) is 14.2. The van der Waals surface area contributed by atoms with Crippen molar-refractivity contribution in [1.29, 1.82) is 0 Å². The van der Waals surface area contributed by atoms with Gasteiger partial charge in [-0.3, -0.25) is 0 Å². The van der Waals surface area contributed by atoms with Crippen molar-refractivity contribution < 1.29 is 8.78 Å². The van der Waals surface area contributed by atoms with E-state index in [1.54, 1.807) is 0 Å². The van der Waals surface area contributed by atoms with Crippen molar-refractivity contribution in [2.45, 2.75) is 60.3 Å². The van der Waals surface area contributed by atoms with E-state index in [1.165, 1.54) is 0 Å². The highest BCUT2D eigenvalue weighted by Crippen LogP contribution is 2.32. The first-order valence-corrected chi connectivity index (χ1v) is 9.34. The minimum Gasteiger partial charge on any atom is -0.203 e. The second-order valence-corrected chi connectivity index (χ2v) is 8.65. The molecule has 0 aromatic heterocycles. The predicted molar refractivity (Wildman–Crippen MR) is 105 cm³/mol. The van der Waals surface area contributed by atoms with E-state index in [0.29, 0.717) is 24.0 Å². The summed E-state index contributed by atoms with van der Waals surface area (Å²) in [5, 5.41) is 1.53. The van der Waals surface area contributed by atoms with E-state index >= 15 is 0 Å². The van der Waals surface area contributed by atoms with E-state index < -0.39 is 11.6 Å². The summed E-state index contributed by atoms with van der Waals surface area (Å²) in [5.41, 5.74) is 0.626. The molecule has 0 saturated carbocycles. The quantitative estimate of drug-likeness (QED) is 0.470. The number of allylic oxidation sites excluding steroid dienone is 1. The molecule has 1 aromatic rings. The van der Waals surface area contributed by atoms with Crippen LogP contribution in [0.5, 0.6) is 0 Å². The van der Waals surface area contributed by atoms with Crippen LogP contribution >= 0.6 is 18.5 Å². The molecule has 0 spiro atoms. The number of halogens is 2. The summed E-state index contributed by atoms with van der Waals surface area (Å²) < 4.78 is 29.5. The Hall–Kier alpha value is -0.320.